The third-order valence-corrected chi connectivity index (χ3v) is 4.74. The molecule has 148 valence electrons. The van der Waals surface area contributed by atoms with E-state index in [0.717, 1.165) is 9.36 Å². The van der Waals surface area contributed by atoms with Gasteiger partial charge in [-0.05, 0) is 59.0 Å². The Hall–Kier alpha value is -3.82. The Morgan fingerprint density at radius 1 is 1.03 bits per heavy atom. The quantitative estimate of drug-likeness (QED) is 0.712. The van der Waals surface area contributed by atoms with E-state index in [2.05, 4.69) is 15.7 Å². The van der Waals surface area contributed by atoms with Crippen molar-refractivity contribution in [3.05, 3.63) is 64.8 Å². The van der Waals surface area contributed by atoms with Crippen molar-refractivity contribution < 1.29 is 14.0 Å². The molecule has 2 heterocycles. The van der Waals surface area contributed by atoms with Crippen LogP contribution in [0.25, 0.3) is 5.69 Å². The molecule has 1 unspecified atom stereocenters. The highest BCUT2D eigenvalue weighted by molar-refractivity contribution is 6.03. The number of aryl methyl sites for hydroxylation is 1. The average Bonchev–Trinajstić information content (AvgIpc) is 3.26. The molecule has 1 atom stereocenters. The van der Waals surface area contributed by atoms with Gasteiger partial charge in [0.1, 0.15) is 5.82 Å². The maximum Gasteiger partial charge on any atom is 0.368 e. The van der Waals surface area contributed by atoms with E-state index in [4.69, 9.17) is 0 Å². The SMILES string of the molecule is Cn1nnn(-c2ccc(NC(=O)C3CC(=O)N(c4ccc(F)cc4)C3)cc2)c1=O. The minimum absolute atomic E-state index is 0.0797. The van der Waals surface area contributed by atoms with E-state index in [1.54, 1.807) is 24.3 Å². The molecule has 9 nitrogen and oxygen atoms in total. The van der Waals surface area contributed by atoms with Crippen LogP contribution in [0.2, 0.25) is 0 Å². The van der Waals surface area contributed by atoms with Crippen molar-refractivity contribution in [2.75, 3.05) is 16.8 Å². The molecule has 1 aliphatic heterocycles. The van der Waals surface area contributed by atoms with Crippen LogP contribution < -0.4 is 15.9 Å². The van der Waals surface area contributed by atoms with Crippen molar-refractivity contribution in [1.29, 1.82) is 0 Å². The third kappa shape index (κ3) is 3.64. The van der Waals surface area contributed by atoms with Crippen LogP contribution >= 0.6 is 0 Å². The topological polar surface area (TPSA) is 102 Å². The van der Waals surface area contributed by atoms with Gasteiger partial charge in [0.2, 0.25) is 11.8 Å². The Morgan fingerprint density at radius 3 is 2.31 bits per heavy atom. The lowest BCUT2D eigenvalue weighted by Gasteiger charge is -2.16. The number of nitrogens with zero attached hydrogens (tertiary/aromatic N) is 5. The van der Waals surface area contributed by atoms with Crippen LogP contribution in [0.1, 0.15) is 6.42 Å². The fourth-order valence-electron chi connectivity index (χ4n) is 3.16. The highest BCUT2D eigenvalue weighted by Crippen LogP contribution is 2.26. The number of rotatable bonds is 4. The Morgan fingerprint density at radius 2 is 1.69 bits per heavy atom. The lowest BCUT2D eigenvalue weighted by atomic mass is 10.1. The first-order valence-electron chi connectivity index (χ1n) is 8.88. The van der Waals surface area contributed by atoms with E-state index < -0.39 is 5.92 Å². The summed E-state index contributed by atoms with van der Waals surface area (Å²) in [5, 5.41) is 10.2. The number of benzene rings is 2. The lowest BCUT2D eigenvalue weighted by molar-refractivity contribution is -0.122. The maximum atomic E-state index is 13.1. The van der Waals surface area contributed by atoms with Crippen molar-refractivity contribution in [3.63, 3.8) is 0 Å². The Labute approximate surface area is 164 Å². The molecule has 0 bridgehead atoms. The van der Waals surface area contributed by atoms with Gasteiger partial charge in [-0.25, -0.2) is 9.18 Å². The van der Waals surface area contributed by atoms with Gasteiger partial charge in [-0.2, -0.15) is 9.36 Å². The molecule has 2 amide bonds. The zero-order valence-corrected chi connectivity index (χ0v) is 15.4. The summed E-state index contributed by atoms with van der Waals surface area (Å²) in [6.45, 7) is 0.226. The predicted octanol–water partition coefficient (Wildman–Crippen LogP) is 1.10. The number of halogens is 1. The molecule has 0 spiro atoms. The van der Waals surface area contributed by atoms with Crippen molar-refractivity contribution in [1.82, 2.24) is 19.8 Å². The number of aromatic nitrogens is 4. The molecule has 1 aliphatic rings. The first kappa shape index (κ1) is 18.5. The van der Waals surface area contributed by atoms with Crippen LogP contribution in [-0.2, 0) is 16.6 Å². The molecule has 1 aromatic heterocycles. The molecular formula is C19H17FN6O3. The number of hydrogen-bond acceptors (Lipinski definition) is 5. The van der Waals surface area contributed by atoms with Crippen LogP contribution in [0.5, 0.6) is 0 Å². The highest BCUT2D eigenvalue weighted by atomic mass is 19.1. The number of nitrogens with one attached hydrogen (secondary N) is 1. The van der Waals surface area contributed by atoms with Gasteiger partial charge >= 0.3 is 5.69 Å². The van der Waals surface area contributed by atoms with Crippen LogP contribution in [0.4, 0.5) is 15.8 Å². The lowest BCUT2D eigenvalue weighted by Crippen LogP contribution is -2.28. The molecule has 0 aliphatic carbocycles. The molecule has 4 rings (SSSR count). The van der Waals surface area contributed by atoms with Crippen molar-refractivity contribution >= 4 is 23.2 Å². The molecule has 1 N–H and O–H groups in total. The monoisotopic (exact) mass is 396 g/mol. The molecule has 2 aromatic carbocycles. The van der Waals surface area contributed by atoms with Gasteiger partial charge < -0.3 is 10.2 Å². The van der Waals surface area contributed by atoms with E-state index in [-0.39, 0.29) is 36.3 Å². The van der Waals surface area contributed by atoms with Crippen molar-refractivity contribution in [2.24, 2.45) is 13.0 Å². The zero-order chi connectivity index (χ0) is 20.5. The third-order valence-electron chi connectivity index (χ3n) is 4.74. The molecular weight excluding hydrogens is 379 g/mol. The minimum Gasteiger partial charge on any atom is -0.326 e. The van der Waals surface area contributed by atoms with Gasteiger partial charge in [0, 0.05) is 31.4 Å². The number of carbonyl (C=O) groups excluding carboxylic acids is 2. The first-order chi connectivity index (χ1) is 13.9. The van der Waals surface area contributed by atoms with E-state index in [1.165, 1.54) is 36.2 Å². The van der Waals surface area contributed by atoms with E-state index in [1.807, 2.05) is 0 Å². The second-order valence-electron chi connectivity index (χ2n) is 6.71. The smallest absolute Gasteiger partial charge is 0.326 e. The highest BCUT2D eigenvalue weighted by Gasteiger charge is 2.35. The summed E-state index contributed by atoms with van der Waals surface area (Å²) in [4.78, 5) is 38.2. The molecule has 1 saturated heterocycles. The van der Waals surface area contributed by atoms with Crippen LogP contribution in [0.3, 0.4) is 0 Å². The summed E-state index contributed by atoms with van der Waals surface area (Å²) >= 11 is 0. The fraction of sp³-hybridized carbons (Fsp3) is 0.211. The summed E-state index contributed by atoms with van der Waals surface area (Å²) in [5.41, 5.74) is 1.22. The van der Waals surface area contributed by atoms with Gasteiger partial charge in [-0.15, -0.1) is 0 Å². The maximum absolute atomic E-state index is 13.1. The summed E-state index contributed by atoms with van der Waals surface area (Å²) < 4.78 is 15.3. The van der Waals surface area contributed by atoms with Gasteiger partial charge in [0.25, 0.3) is 0 Å². The van der Waals surface area contributed by atoms with E-state index >= 15 is 0 Å². The largest absolute Gasteiger partial charge is 0.368 e. The number of anilines is 2. The normalized spacial score (nSPS) is 16.3. The van der Waals surface area contributed by atoms with Crippen LogP contribution in [-0.4, -0.2) is 38.1 Å². The van der Waals surface area contributed by atoms with Gasteiger partial charge in [-0.3, -0.25) is 9.59 Å². The average molecular weight is 396 g/mol. The van der Waals surface area contributed by atoms with Gasteiger partial charge in [0.05, 0.1) is 11.6 Å². The number of hydrogen-bond donors (Lipinski definition) is 1. The molecule has 0 radical (unpaired) electrons. The van der Waals surface area contributed by atoms with Gasteiger partial charge in [-0.1, -0.05) is 0 Å². The second kappa shape index (κ2) is 7.30. The van der Waals surface area contributed by atoms with Crippen molar-refractivity contribution in [2.45, 2.75) is 6.42 Å². The fourth-order valence-corrected chi connectivity index (χ4v) is 3.16. The molecule has 29 heavy (non-hydrogen) atoms. The molecule has 0 saturated carbocycles. The summed E-state index contributed by atoms with van der Waals surface area (Å²) in [6, 6.07) is 12.1. The van der Waals surface area contributed by atoms with Gasteiger partial charge in [0.15, 0.2) is 0 Å². The summed E-state index contributed by atoms with van der Waals surface area (Å²) in [7, 11) is 1.50. The van der Waals surface area contributed by atoms with Crippen LogP contribution in [0, 0.1) is 11.7 Å². The second-order valence-corrected chi connectivity index (χ2v) is 6.71. The summed E-state index contributed by atoms with van der Waals surface area (Å²) in [5.74, 6) is -1.38. The van der Waals surface area contributed by atoms with E-state index in [9.17, 15) is 18.8 Å². The number of amides is 2. The Kier molecular flexibility index (Phi) is 4.67. The van der Waals surface area contributed by atoms with Crippen LogP contribution in [0.15, 0.2) is 53.3 Å². The first-order valence-corrected chi connectivity index (χ1v) is 8.88. The summed E-state index contributed by atoms with van der Waals surface area (Å²) in [6.07, 6.45) is 0.0797. The molecule has 1 fully saturated rings. The number of carbonyl (C=O) groups is 2. The minimum atomic E-state index is -0.519. The molecule has 10 heteroatoms. The predicted molar refractivity (Wildman–Crippen MR) is 102 cm³/mol. The molecule has 3 aromatic rings. The van der Waals surface area contributed by atoms with E-state index in [0.29, 0.717) is 17.1 Å². The Balaban J connectivity index is 1.43. The van der Waals surface area contributed by atoms with Crippen molar-refractivity contribution in [3.8, 4) is 5.69 Å². The standard InChI is InChI=1S/C19H17FN6O3/c1-24-19(29)26(23-22-24)16-8-4-14(5-9-16)21-18(28)12-10-17(27)25(11-12)15-6-2-13(20)3-7-15/h2-9,12H,10-11H2,1H3,(H,21,28). The zero-order valence-electron chi connectivity index (χ0n) is 15.4. The number of tetrazole rings is 1. The Bertz CT molecular complexity index is 1120.